The van der Waals surface area contributed by atoms with E-state index in [1.807, 2.05) is 0 Å². The number of sulfonamides is 1. The summed E-state index contributed by atoms with van der Waals surface area (Å²) in [6.07, 6.45) is -3.48. The molecule has 0 aliphatic heterocycles. The zero-order chi connectivity index (χ0) is 24.1. The first-order valence-corrected chi connectivity index (χ1v) is 11.2. The van der Waals surface area contributed by atoms with E-state index in [0.29, 0.717) is 5.02 Å². The Balaban J connectivity index is 1.79. The van der Waals surface area contributed by atoms with Crippen LogP contribution >= 0.6 is 11.6 Å². The van der Waals surface area contributed by atoms with E-state index in [1.165, 1.54) is 48.5 Å². The number of para-hydroxylation sites is 1. The van der Waals surface area contributed by atoms with Gasteiger partial charge in [-0.1, -0.05) is 41.9 Å². The number of nitrogens with one attached hydrogen (secondary N) is 1. The van der Waals surface area contributed by atoms with Gasteiger partial charge in [0.05, 0.1) is 22.4 Å². The molecule has 172 valence electrons. The maximum atomic E-state index is 13.2. The fraction of sp³-hybridized carbons (Fsp3) is 0.0909. The number of halogens is 4. The van der Waals surface area contributed by atoms with E-state index >= 15 is 0 Å². The Kier molecular flexibility index (Phi) is 7.39. The molecule has 0 radical (unpaired) electrons. The second-order valence-electron chi connectivity index (χ2n) is 6.72. The van der Waals surface area contributed by atoms with Gasteiger partial charge in [0.15, 0.2) is 0 Å². The summed E-state index contributed by atoms with van der Waals surface area (Å²) in [5, 5.41) is 4.00. The van der Waals surface area contributed by atoms with Crippen molar-refractivity contribution in [2.45, 2.75) is 11.1 Å². The minimum atomic E-state index is -4.51. The number of anilines is 1. The van der Waals surface area contributed by atoms with Crippen LogP contribution in [0.15, 0.2) is 88.9 Å². The summed E-state index contributed by atoms with van der Waals surface area (Å²) in [7, 11) is -4.13. The Bertz CT molecular complexity index is 1250. The Labute approximate surface area is 193 Å². The fourth-order valence-corrected chi connectivity index (χ4v) is 4.33. The van der Waals surface area contributed by atoms with Gasteiger partial charge in [0, 0.05) is 5.02 Å². The van der Waals surface area contributed by atoms with E-state index in [9.17, 15) is 26.4 Å². The van der Waals surface area contributed by atoms with Gasteiger partial charge < -0.3 is 0 Å². The highest BCUT2D eigenvalue weighted by Crippen LogP contribution is 2.29. The van der Waals surface area contributed by atoms with Crippen LogP contribution < -0.4 is 9.73 Å². The van der Waals surface area contributed by atoms with Gasteiger partial charge in [-0.25, -0.2) is 13.8 Å². The highest BCUT2D eigenvalue weighted by molar-refractivity contribution is 7.92. The first kappa shape index (κ1) is 24.3. The van der Waals surface area contributed by atoms with Crippen molar-refractivity contribution >= 4 is 39.4 Å². The third-order valence-corrected chi connectivity index (χ3v) is 6.39. The predicted octanol–water partition coefficient (Wildman–Crippen LogP) is 4.70. The van der Waals surface area contributed by atoms with E-state index in [0.717, 1.165) is 22.7 Å². The molecule has 0 aliphatic carbocycles. The van der Waals surface area contributed by atoms with Gasteiger partial charge in [0.2, 0.25) is 0 Å². The van der Waals surface area contributed by atoms with Crippen LogP contribution in [0.5, 0.6) is 0 Å². The molecule has 0 atom stereocenters. The summed E-state index contributed by atoms with van der Waals surface area (Å²) >= 11 is 5.83. The maximum absolute atomic E-state index is 13.2. The van der Waals surface area contributed by atoms with Crippen LogP contribution in [0.4, 0.5) is 18.9 Å². The van der Waals surface area contributed by atoms with E-state index in [2.05, 4.69) is 10.5 Å². The summed E-state index contributed by atoms with van der Waals surface area (Å²) < 4.78 is 65.7. The van der Waals surface area contributed by atoms with Crippen LogP contribution in [0.2, 0.25) is 5.02 Å². The lowest BCUT2D eigenvalue weighted by atomic mass is 10.1. The van der Waals surface area contributed by atoms with Crippen molar-refractivity contribution in [1.29, 1.82) is 0 Å². The summed E-state index contributed by atoms with van der Waals surface area (Å²) in [6, 6.07) is 17.8. The van der Waals surface area contributed by atoms with Gasteiger partial charge in [0.1, 0.15) is 6.54 Å². The number of hydrazone groups is 1. The maximum Gasteiger partial charge on any atom is 0.416 e. The molecule has 0 aromatic heterocycles. The van der Waals surface area contributed by atoms with Gasteiger partial charge in [-0.15, -0.1) is 0 Å². The molecule has 3 aromatic carbocycles. The third kappa shape index (κ3) is 6.33. The molecule has 0 saturated heterocycles. The smallest absolute Gasteiger partial charge is 0.271 e. The van der Waals surface area contributed by atoms with E-state index in [1.54, 1.807) is 18.2 Å². The van der Waals surface area contributed by atoms with Gasteiger partial charge in [0.25, 0.3) is 15.9 Å². The minimum absolute atomic E-state index is 0.0731. The summed E-state index contributed by atoms with van der Waals surface area (Å²) in [5.41, 5.74) is 1.64. The number of hydrogen-bond donors (Lipinski definition) is 1. The third-order valence-electron chi connectivity index (χ3n) is 4.35. The quantitative estimate of drug-likeness (QED) is 0.381. The monoisotopic (exact) mass is 495 g/mol. The fourth-order valence-electron chi connectivity index (χ4n) is 2.78. The zero-order valence-corrected chi connectivity index (χ0v) is 18.4. The largest absolute Gasteiger partial charge is 0.416 e. The lowest BCUT2D eigenvalue weighted by Crippen LogP contribution is -2.39. The van der Waals surface area contributed by atoms with Crippen LogP contribution in [0, 0.1) is 0 Å². The Morgan fingerprint density at radius 1 is 1.00 bits per heavy atom. The van der Waals surface area contributed by atoms with Gasteiger partial charge >= 0.3 is 6.18 Å². The Hall–Kier alpha value is -3.37. The first-order chi connectivity index (χ1) is 15.6. The molecule has 3 aromatic rings. The van der Waals surface area contributed by atoms with Crippen molar-refractivity contribution in [1.82, 2.24) is 5.43 Å². The number of amides is 1. The van der Waals surface area contributed by atoms with Gasteiger partial charge in [-0.3, -0.25) is 9.10 Å². The topological polar surface area (TPSA) is 78.8 Å². The second kappa shape index (κ2) is 10.1. The average Bonchev–Trinajstić information content (AvgIpc) is 2.78. The number of rotatable bonds is 7. The lowest BCUT2D eigenvalue weighted by Gasteiger charge is -2.23. The molecule has 0 unspecified atom stereocenters. The van der Waals surface area contributed by atoms with E-state index in [-0.39, 0.29) is 16.1 Å². The van der Waals surface area contributed by atoms with Crippen LogP contribution in [0.1, 0.15) is 11.1 Å². The zero-order valence-electron chi connectivity index (χ0n) is 16.8. The molecule has 0 bridgehead atoms. The standard InChI is InChI=1S/C22H17ClF3N3O3S/c23-18-9-11-20(12-10-18)33(31,32)29(19-7-2-1-3-8-19)15-21(30)28-27-14-16-5-4-6-17(13-16)22(24,25)26/h1-14H,15H2,(H,28,30)/b27-14-. The predicted molar refractivity (Wildman–Crippen MR) is 120 cm³/mol. The van der Waals surface area contributed by atoms with E-state index < -0.39 is 34.2 Å². The number of hydrogen-bond acceptors (Lipinski definition) is 4. The molecule has 3 rings (SSSR count). The molecule has 6 nitrogen and oxygen atoms in total. The van der Waals surface area contributed by atoms with Crippen molar-refractivity contribution in [3.8, 4) is 0 Å². The molecular formula is C22H17ClF3N3O3S. The van der Waals surface area contributed by atoms with Crippen LogP contribution in [-0.2, 0) is 21.0 Å². The number of alkyl halides is 3. The van der Waals surface area contributed by atoms with Crippen LogP contribution in [0.25, 0.3) is 0 Å². The summed E-state index contributed by atoms with van der Waals surface area (Å²) in [4.78, 5) is 12.4. The molecule has 0 spiro atoms. The number of benzene rings is 3. The summed E-state index contributed by atoms with van der Waals surface area (Å²) in [6.45, 7) is -0.616. The Morgan fingerprint density at radius 2 is 1.67 bits per heavy atom. The normalized spacial score (nSPS) is 12.0. The first-order valence-electron chi connectivity index (χ1n) is 9.40. The average molecular weight is 496 g/mol. The molecule has 0 aliphatic rings. The van der Waals surface area contributed by atoms with Gasteiger partial charge in [-0.2, -0.15) is 18.3 Å². The summed E-state index contributed by atoms with van der Waals surface area (Å²) in [5.74, 6) is -0.792. The molecular weight excluding hydrogens is 479 g/mol. The Morgan fingerprint density at radius 3 is 2.30 bits per heavy atom. The van der Waals surface area contributed by atoms with Crippen molar-refractivity contribution in [2.24, 2.45) is 5.10 Å². The molecule has 1 amide bonds. The molecule has 33 heavy (non-hydrogen) atoms. The SMILES string of the molecule is O=C(CN(c1ccccc1)S(=O)(=O)c1ccc(Cl)cc1)N/N=C\c1cccc(C(F)(F)F)c1. The number of carbonyl (C=O) groups is 1. The minimum Gasteiger partial charge on any atom is -0.271 e. The van der Waals surface area contributed by atoms with Crippen molar-refractivity contribution in [3.63, 3.8) is 0 Å². The highest BCUT2D eigenvalue weighted by atomic mass is 35.5. The molecule has 0 saturated carbocycles. The highest BCUT2D eigenvalue weighted by Gasteiger charge is 2.30. The van der Waals surface area contributed by atoms with Crippen molar-refractivity contribution < 1.29 is 26.4 Å². The molecule has 11 heteroatoms. The number of carbonyl (C=O) groups excluding carboxylic acids is 1. The molecule has 0 fully saturated rings. The van der Waals surface area contributed by atoms with Crippen molar-refractivity contribution in [2.75, 3.05) is 10.8 Å². The van der Waals surface area contributed by atoms with E-state index in [4.69, 9.17) is 11.6 Å². The van der Waals surface area contributed by atoms with Crippen molar-refractivity contribution in [3.05, 3.63) is 95.0 Å². The van der Waals surface area contributed by atoms with Crippen LogP contribution in [0.3, 0.4) is 0 Å². The molecule has 0 heterocycles. The lowest BCUT2D eigenvalue weighted by molar-refractivity contribution is -0.137. The molecule has 1 N–H and O–H groups in total. The second-order valence-corrected chi connectivity index (χ2v) is 9.02. The van der Waals surface area contributed by atoms with Crippen LogP contribution in [-0.4, -0.2) is 27.1 Å². The number of nitrogens with zero attached hydrogens (tertiary/aromatic N) is 2. The van der Waals surface area contributed by atoms with Gasteiger partial charge in [-0.05, 0) is 54.1 Å².